The van der Waals surface area contributed by atoms with Crippen LogP contribution in [0.2, 0.25) is 0 Å². The molecule has 0 saturated heterocycles. The van der Waals surface area contributed by atoms with Crippen LogP contribution in [0.4, 0.5) is 5.95 Å². The van der Waals surface area contributed by atoms with Crippen LogP contribution in [0.25, 0.3) is 0 Å². The van der Waals surface area contributed by atoms with E-state index >= 15 is 0 Å². The summed E-state index contributed by atoms with van der Waals surface area (Å²) in [5.74, 6) is 0.0500. The van der Waals surface area contributed by atoms with Gasteiger partial charge < -0.3 is 15.0 Å². The Kier molecular flexibility index (Phi) is 3.09. The molecular weight excluding hydrogens is 218 g/mol. The standard InChI is InChI=1S/C12H19N3O2/c1-3-15-8-7-13-11(15)14-9-5-4-6-12(9,2)10(16)17/h7-9H,3-6H2,1-2H3,(H,13,14)(H,16,17). The molecule has 0 amide bonds. The summed E-state index contributed by atoms with van der Waals surface area (Å²) in [7, 11) is 0. The van der Waals surface area contributed by atoms with E-state index in [0.29, 0.717) is 0 Å². The largest absolute Gasteiger partial charge is 0.481 e. The number of anilines is 1. The second kappa shape index (κ2) is 4.39. The molecule has 0 bridgehead atoms. The molecule has 1 heterocycles. The molecule has 1 aliphatic rings. The lowest BCUT2D eigenvalue weighted by Gasteiger charge is -2.28. The van der Waals surface area contributed by atoms with E-state index < -0.39 is 11.4 Å². The molecule has 2 unspecified atom stereocenters. The molecule has 1 saturated carbocycles. The van der Waals surface area contributed by atoms with E-state index in [2.05, 4.69) is 10.3 Å². The quantitative estimate of drug-likeness (QED) is 0.840. The van der Waals surface area contributed by atoms with Crippen molar-refractivity contribution in [2.45, 2.75) is 45.7 Å². The number of nitrogens with zero attached hydrogens (tertiary/aromatic N) is 2. The summed E-state index contributed by atoms with van der Waals surface area (Å²) in [6, 6.07) is -0.0345. The number of hydrogen-bond donors (Lipinski definition) is 2. The smallest absolute Gasteiger partial charge is 0.311 e. The Morgan fingerprint density at radius 3 is 3.18 bits per heavy atom. The van der Waals surface area contributed by atoms with Gasteiger partial charge in [-0.1, -0.05) is 6.42 Å². The van der Waals surface area contributed by atoms with Crippen LogP contribution in [0, 0.1) is 5.41 Å². The van der Waals surface area contributed by atoms with E-state index in [1.165, 1.54) is 0 Å². The van der Waals surface area contributed by atoms with Crippen LogP contribution in [-0.2, 0) is 11.3 Å². The third-order valence-corrected chi connectivity index (χ3v) is 3.81. The Morgan fingerprint density at radius 2 is 2.53 bits per heavy atom. The summed E-state index contributed by atoms with van der Waals surface area (Å²) in [4.78, 5) is 15.6. The fourth-order valence-electron chi connectivity index (χ4n) is 2.51. The van der Waals surface area contributed by atoms with E-state index in [1.807, 2.05) is 24.6 Å². The first-order chi connectivity index (χ1) is 8.08. The Labute approximate surface area is 101 Å². The van der Waals surface area contributed by atoms with Gasteiger partial charge in [-0.05, 0) is 26.7 Å². The highest BCUT2D eigenvalue weighted by Gasteiger charge is 2.45. The molecule has 1 aliphatic carbocycles. The molecule has 2 rings (SSSR count). The molecule has 0 spiro atoms. The minimum Gasteiger partial charge on any atom is -0.481 e. The van der Waals surface area contributed by atoms with Crippen molar-refractivity contribution in [1.29, 1.82) is 0 Å². The maximum absolute atomic E-state index is 11.3. The maximum Gasteiger partial charge on any atom is 0.311 e. The van der Waals surface area contributed by atoms with Crippen LogP contribution >= 0.6 is 0 Å². The highest BCUT2D eigenvalue weighted by Crippen LogP contribution is 2.39. The molecule has 0 radical (unpaired) electrons. The van der Waals surface area contributed by atoms with Gasteiger partial charge in [-0.3, -0.25) is 4.79 Å². The minimum absolute atomic E-state index is 0.0345. The van der Waals surface area contributed by atoms with Gasteiger partial charge in [-0.15, -0.1) is 0 Å². The molecule has 94 valence electrons. The number of aliphatic carboxylic acids is 1. The summed E-state index contributed by atoms with van der Waals surface area (Å²) in [6.45, 7) is 4.69. The van der Waals surface area contributed by atoms with E-state index in [-0.39, 0.29) is 6.04 Å². The number of carboxylic acid groups (broad SMARTS) is 1. The van der Waals surface area contributed by atoms with Gasteiger partial charge in [0.2, 0.25) is 5.95 Å². The fourth-order valence-corrected chi connectivity index (χ4v) is 2.51. The normalized spacial score (nSPS) is 28.2. The molecular formula is C12H19N3O2. The van der Waals surface area contributed by atoms with Gasteiger partial charge in [0.1, 0.15) is 0 Å². The maximum atomic E-state index is 11.3. The van der Waals surface area contributed by atoms with Crippen LogP contribution in [0.5, 0.6) is 0 Å². The van der Waals surface area contributed by atoms with Gasteiger partial charge in [0.05, 0.1) is 5.41 Å². The summed E-state index contributed by atoms with van der Waals surface area (Å²) in [5, 5.41) is 12.6. The Bertz CT molecular complexity index is 416. The first-order valence-corrected chi connectivity index (χ1v) is 6.09. The lowest BCUT2D eigenvalue weighted by Crippen LogP contribution is -2.40. The lowest BCUT2D eigenvalue weighted by atomic mass is 9.85. The third-order valence-electron chi connectivity index (χ3n) is 3.81. The number of aryl methyl sites for hydroxylation is 1. The zero-order valence-corrected chi connectivity index (χ0v) is 10.3. The average molecular weight is 237 g/mol. The fraction of sp³-hybridized carbons (Fsp3) is 0.667. The number of carboxylic acids is 1. The zero-order chi connectivity index (χ0) is 12.5. The van der Waals surface area contributed by atoms with Crippen molar-refractivity contribution < 1.29 is 9.90 Å². The number of rotatable bonds is 4. The molecule has 5 nitrogen and oxygen atoms in total. The summed E-state index contributed by atoms with van der Waals surface area (Å²) < 4.78 is 1.99. The first-order valence-electron chi connectivity index (χ1n) is 6.09. The molecule has 0 aliphatic heterocycles. The molecule has 17 heavy (non-hydrogen) atoms. The summed E-state index contributed by atoms with van der Waals surface area (Å²) >= 11 is 0. The van der Waals surface area contributed by atoms with E-state index in [4.69, 9.17) is 0 Å². The molecule has 5 heteroatoms. The highest BCUT2D eigenvalue weighted by atomic mass is 16.4. The lowest BCUT2D eigenvalue weighted by molar-refractivity contribution is -0.147. The number of imidazole rings is 1. The van der Waals surface area contributed by atoms with Crippen LogP contribution in [0.15, 0.2) is 12.4 Å². The van der Waals surface area contributed by atoms with Crippen molar-refractivity contribution >= 4 is 11.9 Å². The average Bonchev–Trinajstić information content (AvgIpc) is 2.88. The SMILES string of the molecule is CCn1ccnc1NC1CCCC1(C)C(=O)O. The monoisotopic (exact) mass is 237 g/mol. The van der Waals surface area contributed by atoms with Gasteiger partial charge >= 0.3 is 5.97 Å². The van der Waals surface area contributed by atoms with Gasteiger partial charge in [0.15, 0.2) is 0 Å². The second-order valence-corrected chi connectivity index (χ2v) is 4.85. The van der Waals surface area contributed by atoms with Crippen molar-refractivity contribution in [2.75, 3.05) is 5.32 Å². The van der Waals surface area contributed by atoms with Crippen molar-refractivity contribution in [3.05, 3.63) is 12.4 Å². The molecule has 2 N–H and O–H groups in total. The molecule has 1 fully saturated rings. The van der Waals surface area contributed by atoms with Gasteiger partial charge in [-0.25, -0.2) is 4.98 Å². The van der Waals surface area contributed by atoms with Gasteiger partial charge in [0, 0.05) is 25.0 Å². The number of carbonyl (C=O) groups is 1. The predicted molar refractivity (Wildman–Crippen MR) is 64.9 cm³/mol. The minimum atomic E-state index is -0.720. The highest BCUT2D eigenvalue weighted by molar-refractivity contribution is 5.76. The van der Waals surface area contributed by atoms with E-state index in [0.717, 1.165) is 31.8 Å². The van der Waals surface area contributed by atoms with Crippen LogP contribution in [0.1, 0.15) is 33.1 Å². The van der Waals surface area contributed by atoms with E-state index in [9.17, 15) is 9.90 Å². The Morgan fingerprint density at radius 1 is 1.76 bits per heavy atom. The zero-order valence-electron chi connectivity index (χ0n) is 10.3. The van der Waals surface area contributed by atoms with E-state index in [1.54, 1.807) is 6.20 Å². The summed E-state index contributed by atoms with van der Waals surface area (Å²) in [6.07, 6.45) is 6.20. The first kappa shape index (κ1) is 12.0. The number of hydrogen-bond acceptors (Lipinski definition) is 3. The molecule has 0 aromatic carbocycles. The van der Waals surface area contributed by atoms with Gasteiger partial charge in [0.25, 0.3) is 0 Å². The second-order valence-electron chi connectivity index (χ2n) is 4.85. The summed E-state index contributed by atoms with van der Waals surface area (Å²) in [5.41, 5.74) is -0.676. The number of aromatic nitrogens is 2. The van der Waals surface area contributed by atoms with Crippen LogP contribution in [0.3, 0.4) is 0 Å². The van der Waals surface area contributed by atoms with Crippen molar-refractivity contribution in [3.8, 4) is 0 Å². The molecule has 1 aromatic heterocycles. The Hall–Kier alpha value is -1.52. The van der Waals surface area contributed by atoms with Gasteiger partial charge in [-0.2, -0.15) is 0 Å². The topological polar surface area (TPSA) is 67.2 Å². The van der Waals surface area contributed by atoms with Crippen LogP contribution in [-0.4, -0.2) is 26.7 Å². The Balaban J connectivity index is 2.16. The third kappa shape index (κ3) is 2.01. The van der Waals surface area contributed by atoms with Crippen molar-refractivity contribution in [3.63, 3.8) is 0 Å². The van der Waals surface area contributed by atoms with Crippen LogP contribution < -0.4 is 5.32 Å². The molecule has 2 atom stereocenters. The molecule has 1 aromatic rings. The number of nitrogens with one attached hydrogen (secondary N) is 1. The van der Waals surface area contributed by atoms with Crippen molar-refractivity contribution in [1.82, 2.24) is 9.55 Å². The van der Waals surface area contributed by atoms with Crippen molar-refractivity contribution in [2.24, 2.45) is 5.41 Å². The predicted octanol–water partition coefficient (Wildman–Crippen LogP) is 1.96.